The van der Waals surface area contributed by atoms with Crippen LogP contribution in [0, 0.1) is 11.7 Å². The number of hydrogen-bond donors (Lipinski definition) is 2. The molecule has 190 valence electrons. The first-order chi connectivity index (χ1) is 16.4. The van der Waals surface area contributed by atoms with Crippen LogP contribution in [0.2, 0.25) is 0 Å². The maximum atomic E-state index is 13.4. The maximum Gasteiger partial charge on any atom is 0.314 e. The molecule has 3 amide bonds. The summed E-state index contributed by atoms with van der Waals surface area (Å²) in [5.74, 6) is -0.358. The molecule has 2 unspecified atom stereocenters. The number of benzene rings is 1. The molecule has 8 heteroatoms. The Morgan fingerprint density at radius 2 is 2.00 bits per heavy atom. The van der Waals surface area contributed by atoms with Gasteiger partial charge in [-0.15, -0.1) is 0 Å². The molecular weight excluding hydrogens is 445 g/mol. The largest absolute Gasteiger partial charge is 0.351 e. The average Bonchev–Trinajstić information content (AvgIpc) is 3.25. The lowest BCUT2D eigenvalue weighted by molar-refractivity contribution is -0.116. The highest BCUT2D eigenvalue weighted by Gasteiger charge is 2.30. The number of halogens is 1. The molecule has 1 aliphatic heterocycles. The molecule has 7 nitrogen and oxygen atoms in total. The Morgan fingerprint density at radius 1 is 1.29 bits per heavy atom. The van der Waals surface area contributed by atoms with Crippen LogP contribution >= 0.6 is 0 Å². The number of rotatable bonds is 8. The highest BCUT2D eigenvalue weighted by molar-refractivity contribution is 6.20. The molecule has 0 aliphatic carbocycles. The molecule has 1 aromatic carbocycles. The summed E-state index contributed by atoms with van der Waals surface area (Å²) in [7, 11) is 0. The van der Waals surface area contributed by atoms with E-state index in [9.17, 15) is 14.0 Å². The number of nitrogens with one attached hydrogen (secondary N) is 1. The molecule has 3 rings (SSSR count). The van der Waals surface area contributed by atoms with Crippen LogP contribution in [0.3, 0.4) is 0 Å². The van der Waals surface area contributed by atoms with Crippen LogP contribution in [0.25, 0.3) is 17.3 Å². The van der Waals surface area contributed by atoms with Crippen molar-refractivity contribution in [3.63, 3.8) is 0 Å². The van der Waals surface area contributed by atoms with Crippen LogP contribution < -0.4 is 11.1 Å². The summed E-state index contributed by atoms with van der Waals surface area (Å²) in [5.41, 5.74) is 8.17. The number of allylic oxidation sites excluding steroid dienone is 2. The van der Waals surface area contributed by atoms with Gasteiger partial charge in [0.05, 0.1) is 17.6 Å². The van der Waals surface area contributed by atoms with E-state index in [-0.39, 0.29) is 31.1 Å². The third-order valence-electron chi connectivity index (χ3n) is 6.31. The van der Waals surface area contributed by atoms with E-state index >= 15 is 0 Å². The van der Waals surface area contributed by atoms with Crippen LogP contribution in [0.1, 0.15) is 65.1 Å². The lowest BCUT2D eigenvalue weighted by Crippen LogP contribution is -2.50. The molecule has 3 N–H and O–H groups in total. The number of likely N-dealkylation sites (tertiary alicyclic amines) is 1. The van der Waals surface area contributed by atoms with Gasteiger partial charge in [0.2, 0.25) is 0 Å². The molecule has 0 saturated carbocycles. The van der Waals surface area contributed by atoms with Crippen molar-refractivity contribution in [1.29, 1.82) is 0 Å². The summed E-state index contributed by atoms with van der Waals surface area (Å²) in [6, 6.07) is 5.60. The zero-order chi connectivity index (χ0) is 24.7. The van der Waals surface area contributed by atoms with Gasteiger partial charge in [-0.3, -0.25) is 4.79 Å². The topological polar surface area (TPSA) is 93.2 Å². The fourth-order valence-electron chi connectivity index (χ4n) is 4.49. The first-order valence-corrected chi connectivity index (χ1v) is 11.9. The van der Waals surface area contributed by atoms with Crippen molar-refractivity contribution >= 4 is 23.6 Å². The van der Waals surface area contributed by atoms with Gasteiger partial charge in [0.15, 0.2) is 0 Å². The number of piperidine rings is 1. The molecular formula is C27H38FN5O2. The molecule has 35 heavy (non-hydrogen) atoms. The van der Waals surface area contributed by atoms with Crippen molar-refractivity contribution in [3.8, 4) is 5.69 Å². The highest BCUT2D eigenvalue weighted by atomic mass is 19.1. The van der Waals surface area contributed by atoms with Crippen molar-refractivity contribution in [2.75, 3.05) is 13.1 Å². The Labute approximate surface area is 207 Å². The molecule has 0 radical (unpaired) electrons. The van der Waals surface area contributed by atoms with Crippen molar-refractivity contribution in [2.24, 2.45) is 11.7 Å². The molecule has 2 aromatic rings. The van der Waals surface area contributed by atoms with E-state index in [0.717, 1.165) is 31.4 Å². The van der Waals surface area contributed by atoms with Crippen molar-refractivity contribution in [3.05, 3.63) is 59.7 Å². The predicted octanol–water partition coefficient (Wildman–Crippen LogP) is 5.16. The zero-order valence-corrected chi connectivity index (χ0v) is 20.1. The molecule has 1 aromatic heterocycles. The van der Waals surface area contributed by atoms with E-state index in [1.165, 1.54) is 12.1 Å². The summed E-state index contributed by atoms with van der Waals surface area (Å²) in [6.45, 7) is 7.10. The fourth-order valence-corrected chi connectivity index (χ4v) is 4.49. The maximum absolute atomic E-state index is 13.4. The number of carbonyl (C=O) groups excluding carboxylic acids is 2. The van der Waals surface area contributed by atoms with Crippen LogP contribution in [0.5, 0.6) is 0 Å². The summed E-state index contributed by atoms with van der Waals surface area (Å²) in [6.07, 6.45) is 10.8. The third kappa shape index (κ3) is 6.59. The number of aromatic nitrogens is 2. The SMILES string of the molecule is C.C/C=C(/C(=O)NC(CC)C1CCCN(C(N)=O)C1)c1cnn(-c2ccc(F)cc2)c1C=CCC. The number of nitrogens with two attached hydrogens (primary N) is 1. The van der Waals surface area contributed by atoms with E-state index in [4.69, 9.17) is 5.73 Å². The number of hydrogen-bond acceptors (Lipinski definition) is 3. The minimum atomic E-state index is -0.416. The van der Waals surface area contributed by atoms with Gasteiger partial charge in [0, 0.05) is 30.3 Å². The van der Waals surface area contributed by atoms with Gasteiger partial charge in [-0.25, -0.2) is 13.9 Å². The third-order valence-corrected chi connectivity index (χ3v) is 6.31. The number of carbonyl (C=O) groups is 2. The minimum Gasteiger partial charge on any atom is -0.351 e. The van der Waals surface area contributed by atoms with Gasteiger partial charge in [0.25, 0.3) is 5.91 Å². The summed E-state index contributed by atoms with van der Waals surface area (Å²) < 4.78 is 15.2. The first kappa shape index (κ1) is 27.8. The zero-order valence-electron chi connectivity index (χ0n) is 20.1. The van der Waals surface area contributed by atoms with Crippen LogP contribution in [0.4, 0.5) is 9.18 Å². The second kappa shape index (κ2) is 12.9. The van der Waals surface area contributed by atoms with E-state index in [0.29, 0.717) is 29.9 Å². The smallest absolute Gasteiger partial charge is 0.314 e. The Hall–Kier alpha value is -3.42. The number of amides is 3. The number of urea groups is 1. The fraction of sp³-hybridized carbons (Fsp3) is 0.444. The van der Waals surface area contributed by atoms with E-state index in [1.54, 1.807) is 34.0 Å². The van der Waals surface area contributed by atoms with E-state index in [2.05, 4.69) is 10.4 Å². The monoisotopic (exact) mass is 483 g/mol. The average molecular weight is 484 g/mol. The van der Waals surface area contributed by atoms with Gasteiger partial charge in [-0.05, 0) is 68.9 Å². The normalized spacial score (nSPS) is 17.2. The van der Waals surface area contributed by atoms with Crippen LogP contribution in [-0.2, 0) is 4.79 Å². The van der Waals surface area contributed by atoms with Gasteiger partial charge in [-0.2, -0.15) is 5.10 Å². The van der Waals surface area contributed by atoms with Gasteiger partial charge in [0.1, 0.15) is 5.82 Å². The van der Waals surface area contributed by atoms with E-state index < -0.39 is 6.03 Å². The number of nitrogens with zero attached hydrogens (tertiary/aromatic N) is 3. The van der Waals surface area contributed by atoms with Gasteiger partial charge < -0.3 is 16.0 Å². The summed E-state index contributed by atoms with van der Waals surface area (Å²) in [4.78, 5) is 26.7. The summed E-state index contributed by atoms with van der Waals surface area (Å²) in [5, 5.41) is 7.69. The molecule has 1 fully saturated rings. The van der Waals surface area contributed by atoms with E-state index in [1.807, 2.05) is 32.9 Å². The lowest BCUT2D eigenvalue weighted by atomic mass is 9.89. The van der Waals surface area contributed by atoms with Crippen molar-refractivity contribution in [1.82, 2.24) is 20.0 Å². The Bertz CT molecular complexity index is 1060. The predicted molar refractivity (Wildman–Crippen MR) is 139 cm³/mol. The second-order valence-corrected chi connectivity index (χ2v) is 8.52. The minimum absolute atomic E-state index is 0. The Balaban J connectivity index is 0.00000432. The molecule has 1 saturated heterocycles. The second-order valence-electron chi connectivity index (χ2n) is 8.52. The van der Waals surface area contributed by atoms with Crippen LogP contribution in [-0.4, -0.2) is 45.8 Å². The number of primary amides is 1. The van der Waals surface area contributed by atoms with Crippen molar-refractivity contribution in [2.45, 2.75) is 59.9 Å². The lowest BCUT2D eigenvalue weighted by Gasteiger charge is -2.36. The highest BCUT2D eigenvalue weighted by Crippen LogP contribution is 2.26. The molecule has 0 spiro atoms. The molecule has 2 atom stereocenters. The van der Waals surface area contributed by atoms with Crippen molar-refractivity contribution < 1.29 is 14.0 Å². The van der Waals surface area contributed by atoms with Gasteiger partial charge >= 0.3 is 6.03 Å². The summed E-state index contributed by atoms with van der Waals surface area (Å²) >= 11 is 0. The molecule has 2 heterocycles. The van der Waals surface area contributed by atoms with Gasteiger partial charge in [-0.1, -0.05) is 33.4 Å². The molecule has 0 bridgehead atoms. The first-order valence-electron chi connectivity index (χ1n) is 11.9. The molecule has 1 aliphatic rings. The Morgan fingerprint density at radius 3 is 2.60 bits per heavy atom. The Kier molecular flexibility index (Phi) is 10.2. The quantitative estimate of drug-likeness (QED) is 0.508. The van der Waals surface area contributed by atoms with Crippen LogP contribution in [0.15, 0.2) is 42.6 Å². The standard InChI is InChI=1S/C26H34FN5O2.CH4/c1-4-7-10-24-22(16-29-32(24)20-13-11-19(27)12-14-20)21(5-2)25(33)30-23(6-3)18-9-8-15-31(17-18)26(28)34;/h5,7,10-14,16,18,23H,4,6,8-9,15,17H2,1-3H3,(H2,28,34)(H,30,33);1H4/b10-7?,21-5+;.